The van der Waals surface area contributed by atoms with Gasteiger partial charge in [-0.1, -0.05) is 36.4 Å². The first-order valence-corrected chi connectivity index (χ1v) is 14.1. The lowest BCUT2D eigenvalue weighted by Gasteiger charge is -2.21. The Kier molecular flexibility index (Phi) is 7.51. The molecule has 0 saturated carbocycles. The van der Waals surface area contributed by atoms with Gasteiger partial charge in [0.25, 0.3) is 0 Å². The second-order valence-corrected chi connectivity index (χ2v) is 13.0. The topological polar surface area (TPSA) is 84.2 Å². The summed E-state index contributed by atoms with van der Waals surface area (Å²) in [5, 5.41) is 10.6. The van der Waals surface area contributed by atoms with Gasteiger partial charge in [-0.05, 0) is 88.6 Å². The number of halogens is 3. The Morgan fingerprint density at radius 2 is 1.50 bits per heavy atom. The van der Waals surface area contributed by atoms with Crippen LogP contribution in [0.4, 0.5) is 13.2 Å². The number of aliphatic hydroxyl groups is 1. The highest BCUT2D eigenvalue weighted by Crippen LogP contribution is 2.38. The second-order valence-electron chi connectivity index (χ2n) is 11.3. The largest absolute Gasteiger partial charge is 0.417 e. The third-order valence-corrected chi connectivity index (χ3v) is 7.98. The predicted molar refractivity (Wildman–Crippen MR) is 149 cm³/mol. The summed E-state index contributed by atoms with van der Waals surface area (Å²) >= 11 is 0. The molecule has 0 unspecified atom stereocenters. The van der Waals surface area contributed by atoms with Crippen LogP contribution in [0.15, 0.2) is 77.8 Å². The molecular formula is C30H32F3N3O3S. The van der Waals surface area contributed by atoms with E-state index in [0.717, 1.165) is 17.2 Å². The zero-order valence-electron chi connectivity index (χ0n) is 23.1. The van der Waals surface area contributed by atoms with Crippen molar-refractivity contribution in [3.63, 3.8) is 0 Å². The lowest BCUT2D eigenvalue weighted by molar-refractivity contribution is -0.137. The van der Waals surface area contributed by atoms with Crippen LogP contribution in [-0.4, -0.2) is 28.6 Å². The van der Waals surface area contributed by atoms with Crippen LogP contribution in [0.2, 0.25) is 0 Å². The number of hydrogen-bond acceptors (Lipinski definition) is 4. The van der Waals surface area contributed by atoms with Crippen molar-refractivity contribution in [1.82, 2.24) is 14.3 Å². The van der Waals surface area contributed by atoms with E-state index in [2.05, 4.69) is 9.71 Å². The predicted octanol–water partition coefficient (Wildman–Crippen LogP) is 6.84. The van der Waals surface area contributed by atoms with Gasteiger partial charge in [-0.15, -0.1) is 0 Å². The molecule has 6 nitrogen and oxygen atoms in total. The average molecular weight is 572 g/mol. The fraction of sp³-hybridized carbons (Fsp3) is 0.300. The maximum atomic E-state index is 13.9. The van der Waals surface area contributed by atoms with Gasteiger partial charge in [0.2, 0.25) is 10.0 Å². The van der Waals surface area contributed by atoms with E-state index in [1.54, 1.807) is 63.2 Å². The van der Waals surface area contributed by atoms with E-state index >= 15 is 0 Å². The smallest absolute Gasteiger partial charge is 0.384 e. The first kappa shape index (κ1) is 29.5. The van der Waals surface area contributed by atoms with Gasteiger partial charge >= 0.3 is 6.18 Å². The van der Waals surface area contributed by atoms with Gasteiger partial charge in [-0.3, -0.25) is 4.57 Å². The molecule has 0 atom stereocenters. The highest BCUT2D eigenvalue weighted by molar-refractivity contribution is 7.89. The molecule has 3 aromatic carbocycles. The van der Waals surface area contributed by atoms with E-state index in [0.29, 0.717) is 11.3 Å². The minimum absolute atomic E-state index is 0.0373. The molecule has 212 valence electrons. The van der Waals surface area contributed by atoms with Crippen molar-refractivity contribution in [2.45, 2.75) is 63.8 Å². The molecule has 0 radical (unpaired) electrons. The molecule has 1 heterocycles. The Bertz CT molecular complexity index is 1640. The van der Waals surface area contributed by atoms with E-state index < -0.39 is 32.9 Å². The fourth-order valence-electron chi connectivity index (χ4n) is 4.33. The number of alkyl halides is 3. The number of imidazole rings is 1. The molecule has 40 heavy (non-hydrogen) atoms. The number of benzene rings is 3. The summed E-state index contributed by atoms with van der Waals surface area (Å²) in [6.07, 6.45) is -3.08. The van der Waals surface area contributed by atoms with Crippen LogP contribution in [-0.2, 0) is 21.8 Å². The molecule has 0 aliphatic carbocycles. The molecule has 1 aromatic heterocycles. The van der Waals surface area contributed by atoms with Crippen LogP contribution in [0.5, 0.6) is 0 Å². The SMILES string of the molecule is Cc1ccc(S(=O)(=O)NC(C)(C)C)cc1-c1ccc(-n2cc(C(C)(C)O)nc2-c2ccccc2C(F)(F)F)cc1. The summed E-state index contributed by atoms with van der Waals surface area (Å²) in [6.45, 7) is 10.2. The highest BCUT2D eigenvalue weighted by Gasteiger charge is 2.35. The Labute approximate surface area is 232 Å². The van der Waals surface area contributed by atoms with Crippen LogP contribution >= 0.6 is 0 Å². The molecule has 0 amide bonds. The number of nitrogens with one attached hydrogen (secondary N) is 1. The van der Waals surface area contributed by atoms with E-state index in [1.165, 1.54) is 42.8 Å². The maximum absolute atomic E-state index is 13.9. The van der Waals surface area contributed by atoms with Crippen molar-refractivity contribution in [2.75, 3.05) is 0 Å². The van der Waals surface area contributed by atoms with Crippen LogP contribution < -0.4 is 4.72 Å². The minimum atomic E-state index is -4.60. The number of nitrogens with zero attached hydrogens (tertiary/aromatic N) is 2. The van der Waals surface area contributed by atoms with Crippen LogP contribution in [0.25, 0.3) is 28.2 Å². The van der Waals surface area contributed by atoms with Gasteiger partial charge in [0, 0.05) is 23.0 Å². The Morgan fingerprint density at radius 3 is 2.08 bits per heavy atom. The number of hydrogen-bond donors (Lipinski definition) is 2. The maximum Gasteiger partial charge on any atom is 0.417 e. The molecule has 2 N–H and O–H groups in total. The molecule has 0 saturated heterocycles. The normalized spacial score (nSPS) is 13.1. The van der Waals surface area contributed by atoms with Crippen LogP contribution in [0.3, 0.4) is 0 Å². The fourth-order valence-corrected chi connectivity index (χ4v) is 5.77. The third-order valence-electron chi connectivity index (χ3n) is 6.22. The quantitative estimate of drug-likeness (QED) is 0.266. The van der Waals surface area contributed by atoms with Gasteiger partial charge < -0.3 is 5.11 Å². The molecule has 0 bridgehead atoms. The van der Waals surface area contributed by atoms with Crippen molar-refractivity contribution in [1.29, 1.82) is 0 Å². The van der Waals surface area contributed by atoms with Gasteiger partial charge in [-0.25, -0.2) is 18.1 Å². The first-order valence-electron chi connectivity index (χ1n) is 12.6. The number of aromatic nitrogens is 2. The summed E-state index contributed by atoms with van der Waals surface area (Å²) < 4.78 is 71.6. The summed E-state index contributed by atoms with van der Waals surface area (Å²) in [6, 6.07) is 17.1. The van der Waals surface area contributed by atoms with E-state index in [9.17, 15) is 26.7 Å². The van der Waals surface area contributed by atoms with E-state index in [1.807, 2.05) is 6.92 Å². The number of sulfonamides is 1. The average Bonchev–Trinajstić information content (AvgIpc) is 3.28. The molecule has 0 aliphatic rings. The van der Waals surface area contributed by atoms with E-state index in [4.69, 9.17) is 0 Å². The molecule has 0 fully saturated rings. The van der Waals surface area contributed by atoms with Gasteiger partial charge in [0.1, 0.15) is 11.4 Å². The zero-order chi connectivity index (χ0) is 29.7. The van der Waals surface area contributed by atoms with Crippen LogP contribution in [0, 0.1) is 6.92 Å². The monoisotopic (exact) mass is 571 g/mol. The minimum Gasteiger partial charge on any atom is -0.384 e. The Balaban J connectivity index is 1.81. The van der Waals surface area contributed by atoms with Crippen molar-refractivity contribution in [3.8, 4) is 28.2 Å². The lowest BCUT2D eigenvalue weighted by atomic mass is 10.0. The summed E-state index contributed by atoms with van der Waals surface area (Å²) in [5.74, 6) is 0.0373. The van der Waals surface area contributed by atoms with Crippen LogP contribution in [0.1, 0.15) is 51.4 Å². The Morgan fingerprint density at radius 1 is 0.875 bits per heavy atom. The van der Waals surface area contributed by atoms with Crippen molar-refractivity contribution < 1.29 is 26.7 Å². The summed E-state index contributed by atoms with van der Waals surface area (Å²) in [7, 11) is -3.76. The molecule has 0 aliphatic heterocycles. The Hall–Kier alpha value is -3.47. The summed E-state index contributed by atoms with van der Waals surface area (Å²) in [5.41, 5.74) is 0.0288. The van der Waals surface area contributed by atoms with Crippen molar-refractivity contribution in [2.24, 2.45) is 0 Å². The molecule has 0 spiro atoms. The molecule has 4 rings (SSSR count). The van der Waals surface area contributed by atoms with Gasteiger partial charge in [0.05, 0.1) is 16.2 Å². The highest BCUT2D eigenvalue weighted by atomic mass is 32.2. The molecule has 4 aromatic rings. The van der Waals surface area contributed by atoms with Crippen molar-refractivity contribution >= 4 is 10.0 Å². The summed E-state index contributed by atoms with van der Waals surface area (Å²) in [4.78, 5) is 4.53. The third kappa shape index (κ3) is 6.29. The van der Waals surface area contributed by atoms with Crippen molar-refractivity contribution in [3.05, 3.63) is 89.7 Å². The standard InChI is InChI=1S/C30H32F3N3O3S/c1-19-11-16-22(40(38,39)35-28(2,3)4)17-24(19)20-12-14-21(15-13-20)36-18-26(29(5,6)37)34-27(36)23-9-7-8-10-25(23)30(31,32)33/h7-18,35,37H,1-6H3. The zero-order valence-corrected chi connectivity index (χ0v) is 23.9. The van der Waals surface area contributed by atoms with Gasteiger partial charge in [-0.2, -0.15) is 13.2 Å². The molecule has 10 heteroatoms. The van der Waals surface area contributed by atoms with E-state index in [-0.39, 0.29) is 22.0 Å². The lowest BCUT2D eigenvalue weighted by Crippen LogP contribution is -2.40. The number of aryl methyl sites for hydroxylation is 1. The second kappa shape index (κ2) is 10.2. The molecular weight excluding hydrogens is 539 g/mol. The first-order chi connectivity index (χ1) is 18.4. The van der Waals surface area contributed by atoms with Gasteiger partial charge in [0.15, 0.2) is 0 Å². The number of rotatable bonds is 6.